The normalized spacial score (nSPS) is 18.5. The van der Waals surface area contributed by atoms with Gasteiger partial charge in [-0.1, -0.05) is 23.4 Å². The number of aryl methyl sites for hydroxylation is 1. The van der Waals surface area contributed by atoms with E-state index in [1.807, 2.05) is 6.07 Å². The van der Waals surface area contributed by atoms with Crippen LogP contribution in [-0.2, 0) is 6.54 Å². The summed E-state index contributed by atoms with van der Waals surface area (Å²) in [4.78, 5) is 16.4. The molecule has 6 nitrogen and oxygen atoms in total. The van der Waals surface area contributed by atoms with Crippen LogP contribution in [0, 0.1) is 12.7 Å². The smallest absolute Gasteiger partial charge is 0.278 e. The zero-order valence-corrected chi connectivity index (χ0v) is 13.9. The monoisotopic (exact) mass is 332 g/mol. The summed E-state index contributed by atoms with van der Waals surface area (Å²) < 4.78 is 18.5. The van der Waals surface area contributed by atoms with Crippen molar-refractivity contribution in [1.29, 1.82) is 0 Å². The van der Waals surface area contributed by atoms with Crippen LogP contribution in [0.1, 0.15) is 34.6 Å². The van der Waals surface area contributed by atoms with E-state index in [-0.39, 0.29) is 23.5 Å². The van der Waals surface area contributed by atoms with Gasteiger partial charge in [0.25, 0.3) is 5.91 Å². The molecule has 1 aromatic carbocycles. The van der Waals surface area contributed by atoms with Gasteiger partial charge in [-0.05, 0) is 37.5 Å². The molecule has 3 rings (SSSR count). The third-order valence-corrected chi connectivity index (χ3v) is 4.56. The molecule has 1 unspecified atom stereocenters. The van der Waals surface area contributed by atoms with Gasteiger partial charge in [-0.3, -0.25) is 9.69 Å². The number of piperidine rings is 1. The molecule has 7 heteroatoms. The fourth-order valence-electron chi connectivity index (χ4n) is 3.12. The lowest BCUT2D eigenvalue weighted by Gasteiger charge is -2.37. The van der Waals surface area contributed by atoms with Gasteiger partial charge in [0.05, 0.1) is 0 Å². The summed E-state index contributed by atoms with van der Waals surface area (Å²) in [5.41, 5.74) is 1.43. The lowest BCUT2D eigenvalue weighted by molar-refractivity contribution is 0.0597. The number of likely N-dealkylation sites (tertiary alicyclic amines) is 1. The number of likely N-dealkylation sites (N-methyl/N-ethyl adjacent to an activating group) is 1. The predicted octanol–water partition coefficient (Wildman–Crippen LogP) is 2.25. The first-order valence-electron chi connectivity index (χ1n) is 8.08. The molecule has 1 amide bonds. The fourth-order valence-corrected chi connectivity index (χ4v) is 3.12. The minimum absolute atomic E-state index is 0.0640. The predicted molar refractivity (Wildman–Crippen MR) is 85.8 cm³/mol. The van der Waals surface area contributed by atoms with Gasteiger partial charge in [0.2, 0.25) is 0 Å². The maximum atomic E-state index is 13.8. The largest absolute Gasteiger partial charge is 0.336 e. The number of nitrogens with zero attached hydrogens (tertiary/aromatic N) is 4. The highest BCUT2D eigenvalue weighted by molar-refractivity contribution is 5.93. The number of carbonyl (C=O) groups excluding carboxylic acids is 1. The SMILES string of the molecule is Cc1nonc1C(=O)N(C)C1CCCN(Cc2ccccc2F)C1. The van der Waals surface area contributed by atoms with Crippen LogP contribution in [0.15, 0.2) is 28.9 Å². The Kier molecular flexibility index (Phi) is 4.89. The number of hydrogen-bond donors (Lipinski definition) is 0. The highest BCUT2D eigenvalue weighted by atomic mass is 19.1. The third kappa shape index (κ3) is 3.46. The van der Waals surface area contributed by atoms with Gasteiger partial charge < -0.3 is 4.90 Å². The van der Waals surface area contributed by atoms with E-state index >= 15 is 0 Å². The summed E-state index contributed by atoms with van der Waals surface area (Å²) in [5, 5.41) is 7.35. The van der Waals surface area contributed by atoms with Crippen molar-refractivity contribution in [3.05, 3.63) is 47.0 Å². The van der Waals surface area contributed by atoms with Crippen molar-refractivity contribution in [2.24, 2.45) is 0 Å². The Labute approximate surface area is 140 Å². The van der Waals surface area contributed by atoms with Crippen LogP contribution < -0.4 is 0 Å². The van der Waals surface area contributed by atoms with Gasteiger partial charge >= 0.3 is 0 Å². The zero-order valence-electron chi connectivity index (χ0n) is 13.9. The van der Waals surface area contributed by atoms with Gasteiger partial charge in [-0.25, -0.2) is 9.02 Å². The highest BCUT2D eigenvalue weighted by Crippen LogP contribution is 2.20. The van der Waals surface area contributed by atoms with E-state index in [0.717, 1.165) is 19.4 Å². The maximum Gasteiger partial charge on any atom is 0.278 e. The summed E-state index contributed by atoms with van der Waals surface area (Å²) in [5.74, 6) is -0.375. The summed E-state index contributed by atoms with van der Waals surface area (Å²) in [6.45, 7) is 3.86. The van der Waals surface area contributed by atoms with E-state index in [9.17, 15) is 9.18 Å². The molecule has 0 spiro atoms. The summed E-state index contributed by atoms with van der Waals surface area (Å²) in [7, 11) is 1.77. The Hall–Kier alpha value is -2.28. The van der Waals surface area contributed by atoms with E-state index in [2.05, 4.69) is 19.8 Å². The Morgan fingerprint density at radius 1 is 1.42 bits per heavy atom. The number of halogens is 1. The van der Waals surface area contributed by atoms with Crippen molar-refractivity contribution in [2.45, 2.75) is 32.4 Å². The van der Waals surface area contributed by atoms with Crippen LogP contribution in [0.5, 0.6) is 0 Å². The van der Waals surface area contributed by atoms with Gasteiger partial charge in [0.15, 0.2) is 5.69 Å². The van der Waals surface area contributed by atoms with Crippen LogP contribution >= 0.6 is 0 Å². The third-order valence-electron chi connectivity index (χ3n) is 4.56. The van der Waals surface area contributed by atoms with Crippen molar-refractivity contribution in [3.8, 4) is 0 Å². The Balaban J connectivity index is 1.66. The average Bonchev–Trinajstić information content (AvgIpc) is 3.02. The summed E-state index contributed by atoms with van der Waals surface area (Å²) in [6, 6.07) is 6.88. The molecule has 128 valence electrons. The summed E-state index contributed by atoms with van der Waals surface area (Å²) >= 11 is 0. The standard InChI is InChI=1S/C17H21FN4O2/c1-12-16(20-24-19-12)17(23)21(2)14-7-5-9-22(11-14)10-13-6-3-4-8-15(13)18/h3-4,6,8,14H,5,7,9-11H2,1-2H3. The second-order valence-corrected chi connectivity index (χ2v) is 6.24. The first kappa shape index (κ1) is 16.6. The van der Waals surface area contributed by atoms with Crippen LogP contribution in [0.2, 0.25) is 0 Å². The van der Waals surface area contributed by atoms with Crippen LogP contribution in [0.3, 0.4) is 0 Å². The van der Waals surface area contributed by atoms with Crippen molar-refractivity contribution < 1.29 is 13.8 Å². The van der Waals surface area contributed by atoms with Gasteiger partial charge in [-0.2, -0.15) is 0 Å². The molecule has 0 radical (unpaired) electrons. The molecule has 1 aliphatic heterocycles. The Bertz CT molecular complexity index is 718. The molecule has 2 heterocycles. The molecule has 1 aromatic heterocycles. The van der Waals surface area contributed by atoms with Gasteiger partial charge in [-0.15, -0.1) is 0 Å². The Morgan fingerprint density at radius 3 is 2.92 bits per heavy atom. The molecule has 0 N–H and O–H groups in total. The Morgan fingerprint density at radius 2 is 2.21 bits per heavy atom. The van der Waals surface area contributed by atoms with E-state index in [1.165, 1.54) is 6.07 Å². The van der Waals surface area contributed by atoms with E-state index in [4.69, 9.17) is 0 Å². The van der Waals surface area contributed by atoms with Crippen LogP contribution in [0.25, 0.3) is 0 Å². The maximum absolute atomic E-state index is 13.8. The molecular formula is C17H21FN4O2. The number of benzene rings is 1. The molecule has 1 fully saturated rings. The van der Waals surface area contributed by atoms with Crippen molar-refractivity contribution in [2.75, 3.05) is 20.1 Å². The van der Waals surface area contributed by atoms with E-state index < -0.39 is 0 Å². The molecule has 0 bridgehead atoms. The molecule has 1 saturated heterocycles. The lowest BCUT2D eigenvalue weighted by atomic mass is 10.0. The molecule has 1 atom stereocenters. The average molecular weight is 332 g/mol. The first-order valence-corrected chi connectivity index (χ1v) is 8.08. The number of amides is 1. The van der Waals surface area contributed by atoms with E-state index in [0.29, 0.717) is 24.3 Å². The van der Waals surface area contributed by atoms with Crippen molar-refractivity contribution in [1.82, 2.24) is 20.1 Å². The second kappa shape index (κ2) is 7.09. The number of rotatable bonds is 4. The lowest BCUT2D eigenvalue weighted by Crippen LogP contribution is -2.48. The van der Waals surface area contributed by atoms with Crippen LogP contribution in [-0.4, -0.2) is 52.2 Å². The number of hydrogen-bond acceptors (Lipinski definition) is 5. The second-order valence-electron chi connectivity index (χ2n) is 6.24. The van der Waals surface area contributed by atoms with E-state index in [1.54, 1.807) is 31.0 Å². The van der Waals surface area contributed by atoms with Crippen LogP contribution in [0.4, 0.5) is 4.39 Å². The van der Waals surface area contributed by atoms with Gasteiger partial charge in [0, 0.05) is 31.7 Å². The number of aromatic nitrogens is 2. The molecule has 24 heavy (non-hydrogen) atoms. The molecule has 0 aliphatic carbocycles. The molecule has 1 aliphatic rings. The fraction of sp³-hybridized carbons (Fsp3) is 0.471. The highest BCUT2D eigenvalue weighted by Gasteiger charge is 2.29. The molecule has 2 aromatic rings. The minimum Gasteiger partial charge on any atom is -0.336 e. The molecular weight excluding hydrogens is 311 g/mol. The minimum atomic E-state index is -0.188. The van der Waals surface area contributed by atoms with Gasteiger partial charge in [0.1, 0.15) is 11.5 Å². The number of carbonyl (C=O) groups is 1. The van der Waals surface area contributed by atoms with Crippen molar-refractivity contribution >= 4 is 5.91 Å². The van der Waals surface area contributed by atoms with Crippen molar-refractivity contribution in [3.63, 3.8) is 0 Å². The zero-order chi connectivity index (χ0) is 17.1. The topological polar surface area (TPSA) is 62.5 Å². The molecule has 0 saturated carbocycles. The summed E-state index contributed by atoms with van der Waals surface area (Å²) in [6.07, 6.45) is 1.88. The first-order chi connectivity index (χ1) is 11.6. The quantitative estimate of drug-likeness (QED) is 0.859.